The van der Waals surface area contributed by atoms with Gasteiger partial charge in [-0.1, -0.05) is 18.2 Å². The molecule has 1 aliphatic heterocycles. The number of aromatic nitrogens is 2. The fourth-order valence-corrected chi connectivity index (χ4v) is 4.18. The van der Waals surface area contributed by atoms with Crippen molar-refractivity contribution in [2.75, 3.05) is 11.5 Å². The summed E-state index contributed by atoms with van der Waals surface area (Å²) in [6.45, 7) is 4.35. The number of nitrogens with one attached hydrogen (secondary N) is 1. The van der Waals surface area contributed by atoms with Gasteiger partial charge in [0.2, 0.25) is 0 Å². The number of hydrogen-bond donors (Lipinski definition) is 2. The van der Waals surface area contributed by atoms with Gasteiger partial charge < -0.3 is 10.4 Å². The maximum Gasteiger partial charge on any atom is 0.252 e. The van der Waals surface area contributed by atoms with Crippen molar-refractivity contribution >= 4 is 17.7 Å². The maximum absolute atomic E-state index is 12.4. The lowest BCUT2D eigenvalue weighted by atomic mass is 9.95. The van der Waals surface area contributed by atoms with Crippen LogP contribution < -0.4 is 5.32 Å². The summed E-state index contributed by atoms with van der Waals surface area (Å²) in [5.41, 5.74) is 2.72. The van der Waals surface area contributed by atoms with Gasteiger partial charge in [0.1, 0.15) is 5.60 Å². The van der Waals surface area contributed by atoms with E-state index < -0.39 is 5.60 Å². The summed E-state index contributed by atoms with van der Waals surface area (Å²) in [6.07, 6.45) is 1.03. The van der Waals surface area contributed by atoms with Gasteiger partial charge in [-0.3, -0.25) is 4.79 Å². The molecular weight excluding hydrogens is 322 g/mol. The number of amides is 1. The van der Waals surface area contributed by atoms with Gasteiger partial charge >= 0.3 is 0 Å². The van der Waals surface area contributed by atoms with Gasteiger partial charge in [0.25, 0.3) is 5.91 Å². The van der Waals surface area contributed by atoms with E-state index in [1.807, 2.05) is 48.9 Å². The van der Waals surface area contributed by atoms with Gasteiger partial charge in [-0.15, -0.1) is 0 Å². The highest BCUT2D eigenvalue weighted by atomic mass is 32.2. The number of hydrogen-bond acceptors (Lipinski definition) is 4. The topological polar surface area (TPSA) is 67.2 Å². The molecule has 1 saturated heterocycles. The van der Waals surface area contributed by atoms with E-state index in [9.17, 15) is 9.90 Å². The molecule has 0 saturated carbocycles. The molecule has 1 fully saturated rings. The van der Waals surface area contributed by atoms with E-state index in [0.717, 1.165) is 34.1 Å². The van der Waals surface area contributed by atoms with Crippen LogP contribution in [0.4, 0.5) is 0 Å². The van der Waals surface area contributed by atoms with Crippen molar-refractivity contribution in [3.05, 3.63) is 47.3 Å². The number of rotatable bonds is 4. The van der Waals surface area contributed by atoms with Crippen LogP contribution in [0.1, 0.15) is 29.8 Å². The van der Waals surface area contributed by atoms with Crippen LogP contribution in [-0.4, -0.2) is 37.9 Å². The second-order valence-electron chi connectivity index (χ2n) is 6.29. The van der Waals surface area contributed by atoms with Crippen LogP contribution in [0.25, 0.3) is 5.69 Å². The molecule has 24 heavy (non-hydrogen) atoms. The van der Waals surface area contributed by atoms with Crippen molar-refractivity contribution in [1.82, 2.24) is 15.1 Å². The van der Waals surface area contributed by atoms with Gasteiger partial charge in [0, 0.05) is 12.2 Å². The molecule has 1 amide bonds. The minimum absolute atomic E-state index is 0.272. The standard InChI is InChI=1S/C18H23N3O2S/c1-13-11-14(2)21(20-13)16-6-4-3-5-15(16)12-19-17(22)18(23)7-9-24-10-8-18/h3-6,11,23H,7-10,12H2,1-2H3,(H,19,22). The molecule has 0 atom stereocenters. The first kappa shape index (κ1) is 17.0. The molecule has 2 aromatic rings. The van der Waals surface area contributed by atoms with Crippen LogP contribution in [0.5, 0.6) is 0 Å². The number of para-hydroxylation sites is 1. The van der Waals surface area contributed by atoms with Crippen molar-refractivity contribution in [2.24, 2.45) is 0 Å². The van der Waals surface area contributed by atoms with Gasteiger partial charge in [-0.05, 0) is 55.9 Å². The fourth-order valence-electron chi connectivity index (χ4n) is 3.02. The Morgan fingerprint density at radius 2 is 2.04 bits per heavy atom. The Hall–Kier alpha value is -1.79. The Bertz CT molecular complexity index is 736. The second kappa shape index (κ2) is 6.99. The molecule has 6 heteroatoms. The molecule has 3 rings (SSSR count). The molecule has 0 spiro atoms. The summed E-state index contributed by atoms with van der Waals surface area (Å²) in [6, 6.07) is 9.91. The van der Waals surface area contributed by atoms with Crippen LogP contribution in [-0.2, 0) is 11.3 Å². The third-order valence-corrected chi connectivity index (χ3v) is 5.40. The lowest BCUT2D eigenvalue weighted by Gasteiger charge is -2.30. The summed E-state index contributed by atoms with van der Waals surface area (Å²) >= 11 is 1.78. The van der Waals surface area contributed by atoms with Crippen LogP contribution in [0.3, 0.4) is 0 Å². The minimum atomic E-state index is -1.22. The number of benzene rings is 1. The minimum Gasteiger partial charge on any atom is -0.380 e. The fraction of sp³-hybridized carbons (Fsp3) is 0.444. The monoisotopic (exact) mass is 345 g/mol. The highest BCUT2D eigenvalue weighted by Crippen LogP contribution is 2.27. The van der Waals surface area contributed by atoms with E-state index in [-0.39, 0.29) is 5.91 Å². The zero-order chi connectivity index (χ0) is 17.2. The Labute approximate surface area is 146 Å². The Morgan fingerprint density at radius 1 is 1.33 bits per heavy atom. The molecule has 1 aromatic carbocycles. The molecule has 0 bridgehead atoms. The van der Waals surface area contributed by atoms with E-state index in [2.05, 4.69) is 10.4 Å². The lowest BCUT2D eigenvalue weighted by Crippen LogP contribution is -2.48. The molecule has 0 radical (unpaired) electrons. The summed E-state index contributed by atoms with van der Waals surface area (Å²) in [5, 5.41) is 17.9. The molecule has 1 aliphatic rings. The number of carbonyl (C=O) groups is 1. The Morgan fingerprint density at radius 3 is 2.71 bits per heavy atom. The van der Waals surface area contributed by atoms with E-state index in [0.29, 0.717) is 19.4 Å². The number of carbonyl (C=O) groups excluding carboxylic acids is 1. The van der Waals surface area contributed by atoms with Crippen LogP contribution in [0.15, 0.2) is 30.3 Å². The number of nitrogens with zero attached hydrogens (tertiary/aromatic N) is 2. The first-order valence-corrected chi connectivity index (χ1v) is 9.35. The highest BCUT2D eigenvalue weighted by molar-refractivity contribution is 7.99. The first-order valence-electron chi connectivity index (χ1n) is 8.19. The third-order valence-electron chi connectivity index (χ3n) is 4.41. The van der Waals surface area contributed by atoms with Crippen LogP contribution in [0.2, 0.25) is 0 Å². The molecule has 0 aliphatic carbocycles. The van der Waals surface area contributed by atoms with Crippen molar-refractivity contribution < 1.29 is 9.90 Å². The maximum atomic E-state index is 12.4. The van der Waals surface area contributed by atoms with Crippen molar-refractivity contribution in [3.63, 3.8) is 0 Å². The second-order valence-corrected chi connectivity index (χ2v) is 7.52. The van der Waals surface area contributed by atoms with Crippen LogP contribution in [0, 0.1) is 13.8 Å². The largest absolute Gasteiger partial charge is 0.380 e. The summed E-state index contributed by atoms with van der Waals surface area (Å²) in [7, 11) is 0. The van der Waals surface area contributed by atoms with E-state index in [1.54, 1.807) is 11.8 Å². The van der Waals surface area contributed by atoms with E-state index >= 15 is 0 Å². The molecule has 0 unspecified atom stereocenters. The summed E-state index contributed by atoms with van der Waals surface area (Å²) in [4.78, 5) is 12.4. The quantitative estimate of drug-likeness (QED) is 0.893. The zero-order valence-corrected chi connectivity index (χ0v) is 14.9. The number of aryl methyl sites for hydroxylation is 2. The molecule has 2 N–H and O–H groups in total. The van der Waals surface area contributed by atoms with Gasteiger partial charge in [0.15, 0.2) is 0 Å². The smallest absolute Gasteiger partial charge is 0.252 e. The molecule has 1 aromatic heterocycles. The first-order chi connectivity index (χ1) is 11.5. The summed E-state index contributed by atoms with van der Waals surface area (Å²) < 4.78 is 1.89. The molecular formula is C18H23N3O2S. The van der Waals surface area contributed by atoms with Gasteiger partial charge in [-0.2, -0.15) is 16.9 Å². The average molecular weight is 345 g/mol. The van der Waals surface area contributed by atoms with Gasteiger partial charge in [0.05, 0.1) is 11.4 Å². The zero-order valence-electron chi connectivity index (χ0n) is 14.1. The summed E-state index contributed by atoms with van der Waals surface area (Å²) in [5.74, 6) is 1.38. The predicted octanol–water partition coefficient (Wildman–Crippen LogP) is 2.36. The average Bonchev–Trinajstić information content (AvgIpc) is 2.92. The Balaban J connectivity index is 1.76. The Kier molecular flexibility index (Phi) is 4.96. The number of thioether (sulfide) groups is 1. The van der Waals surface area contributed by atoms with E-state index in [1.165, 1.54) is 0 Å². The van der Waals surface area contributed by atoms with Crippen molar-refractivity contribution in [3.8, 4) is 5.69 Å². The van der Waals surface area contributed by atoms with E-state index in [4.69, 9.17) is 0 Å². The van der Waals surface area contributed by atoms with Crippen molar-refractivity contribution in [1.29, 1.82) is 0 Å². The van der Waals surface area contributed by atoms with Crippen LogP contribution >= 0.6 is 11.8 Å². The SMILES string of the molecule is Cc1cc(C)n(-c2ccccc2CNC(=O)C2(O)CCSCC2)n1. The van der Waals surface area contributed by atoms with Crippen molar-refractivity contribution in [2.45, 2.75) is 38.8 Å². The molecule has 5 nitrogen and oxygen atoms in total. The highest BCUT2D eigenvalue weighted by Gasteiger charge is 2.37. The third kappa shape index (κ3) is 3.49. The normalized spacial score (nSPS) is 16.8. The predicted molar refractivity (Wildman–Crippen MR) is 96.4 cm³/mol. The lowest BCUT2D eigenvalue weighted by molar-refractivity contribution is -0.140. The van der Waals surface area contributed by atoms with Gasteiger partial charge in [-0.25, -0.2) is 4.68 Å². The number of aliphatic hydroxyl groups is 1. The molecule has 128 valence electrons. The molecule has 2 heterocycles.